The molecule has 1 atom stereocenters. The minimum absolute atomic E-state index is 0.363. The summed E-state index contributed by atoms with van der Waals surface area (Å²) in [7, 11) is 2.12. The van der Waals surface area contributed by atoms with Gasteiger partial charge in [-0.2, -0.15) is 9.97 Å². The van der Waals surface area contributed by atoms with Crippen LogP contribution in [0.2, 0.25) is 0 Å². The van der Waals surface area contributed by atoms with Crippen molar-refractivity contribution in [1.29, 1.82) is 0 Å². The van der Waals surface area contributed by atoms with Gasteiger partial charge in [-0.15, -0.1) is 0 Å². The van der Waals surface area contributed by atoms with E-state index in [-0.39, 0.29) is 0 Å². The van der Waals surface area contributed by atoms with Crippen molar-refractivity contribution in [3.05, 3.63) is 5.69 Å². The van der Waals surface area contributed by atoms with Gasteiger partial charge in [-0.3, -0.25) is 0 Å². The molecule has 10 nitrogen and oxygen atoms in total. The van der Waals surface area contributed by atoms with Gasteiger partial charge in [-0.1, -0.05) is 0 Å². The minimum Gasteiger partial charge on any atom is -0.486 e. The molecule has 0 spiro atoms. The maximum Gasteiger partial charge on any atom is 0.407 e. The van der Waals surface area contributed by atoms with E-state index in [4.69, 9.17) is 9.47 Å². The van der Waals surface area contributed by atoms with Gasteiger partial charge < -0.3 is 34.6 Å². The maximum atomic E-state index is 11.2. The van der Waals surface area contributed by atoms with Gasteiger partial charge in [0.05, 0.1) is 0 Å². The first-order chi connectivity index (χ1) is 13.6. The topological polar surface area (TPSA) is 103 Å². The van der Waals surface area contributed by atoms with Crippen molar-refractivity contribution in [2.24, 2.45) is 0 Å². The summed E-state index contributed by atoms with van der Waals surface area (Å²) in [6, 6.07) is 0.751. The average molecular weight is 392 g/mol. The Morgan fingerprint density at radius 2 is 2.11 bits per heavy atom. The van der Waals surface area contributed by atoms with E-state index in [2.05, 4.69) is 32.1 Å². The lowest BCUT2D eigenvalue weighted by Gasteiger charge is -2.34. The fraction of sp³-hybridized carbons (Fsp3) is 0.722. The fourth-order valence-electron chi connectivity index (χ4n) is 3.91. The van der Waals surface area contributed by atoms with Gasteiger partial charge in [0.15, 0.2) is 11.6 Å². The number of nitrogens with zero attached hydrogens (tertiary/aromatic N) is 5. The molecule has 0 saturated carbocycles. The molecule has 3 aliphatic rings. The van der Waals surface area contributed by atoms with Crippen LogP contribution in [-0.4, -0.2) is 96.5 Å². The van der Waals surface area contributed by atoms with E-state index in [9.17, 15) is 9.90 Å². The molecule has 2 N–H and O–H groups in total. The number of nitrogens with one attached hydrogen (secondary N) is 1. The maximum absolute atomic E-state index is 11.2. The van der Waals surface area contributed by atoms with Crippen LogP contribution in [0.15, 0.2) is 0 Å². The second-order valence-electron chi connectivity index (χ2n) is 7.48. The van der Waals surface area contributed by atoms with Crippen molar-refractivity contribution in [1.82, 2.24) is 25.1 Å². The molecule has 0 unspecified atom stereocenters. The average Bonchev–Trinajstić information content (AvgIpc) is 2.96. The third-order valence-electron chi connectivity index (χ3n) is 5.64. The summed E-state index contributed by atoms with van der Waals surface area (Å²) < 4.78 is 11.9. The van der Waals surface area contributed by atoms with E-state index in [1.165, 1.54) is 11.3 Å². The van der Waals surface area contributed by atoms with Gasteiger partial charge >= 0.3 is 12.1 Å². The lowest BCUT2D eigenvalue weighted by Crippen LogP contribution is -2.48. The van der Waals surface area contributed by atoms with Crippen LogP contribution in [0.3, 0.4) is 0 Å². The molecule has 0 aromatic carbocycles. The van der Waals surface area contributed by atoms with Crippen LogP contribution in [0.25, 0.3) is 0 Å². The number of fused-ring (bicyclic) bond motifs is 1. The Bertz CT molecular complexity index is 710. The predicted octanol–water partition coefficient (Wildman–Crippen LogP) is 0.232. The molecule has 154 valence electrons. The Kier molecular flexibility index (Phi) is 5.67. The summed E-state index contributed by atoms with van der Waals surface area (Å²) >= 11 is 0. The molecule has 0 aliphatic carbocycles. The number of amides is 1. The molecular formula is C18H28N6O4. The molecule has 0 radical (unpaired) electrons. The summed E-state index contributed by atoms with van der Waals surface area (Å²) in [6.45, 7) is 5.56. The van der Waals surface area contributed by atoms with Crippen LogP contribution in [0.1, 0.15) is 18.5 Å². The Labute approximate surface area is 164 Å². The Morgan fingerprint density at radius 3 is 2.82 bits per heavy atom. The monoisotopic (exact) mass is 392 g/mol. The molecule has 3 aliphatic heterocycles. The van der Waals surface area contributed by atoms with Crippen molar-refractivity contribution < 1.29 is 19.4 Å². The Morgan fingerprint density at radius 1 is 1.29 bits per heavy atom. The van der Waals surface area contributed by atoms with Crippen molar-refractivity contribution in [2.45, 2.75) is 25.4 Å². The lowest BCUT2D eigenvalue weighted by atomic mass is 10.2. The largest absolute Gasteiger partial charge is 0.486 e. The lowest BCUT2D eigenvalue weighted by molar-refractivity contribution is 0.142. The number of aromatic nitrogens is 2. The van der Waals surface area contributed by atoms with E-state index >= 15 is 0 Å². The zero-order valence-electron chi connectivity index (χ0n) is 16.3. The normalized spacial score (nSPS) is 23.1. The van der Waals surface area contributed by atoms with Crippen molar-refractivity contribution in [3.8, 4) is 11.8 Å². The highest BCUT2D eigenvalue weighted by Gasteiger charge is 2.28. The molecule has 1 aromatic rings. The number of carboxylic acid groups (broad SMARTS) is 1. The molecule has 28 heavy (non-hydrogen) atoms. The number of hydrogen-bond donors (Lipinski definition) is 2. The van der Waals surface area contributed by atoms with E-state index in [1.54, 1.807) is 0 Å². The number of hydrogen-bond acceptors (Lipinski definition) is 8. The summed E-state index contributed by atoms with van der Waals surface area (Å²) in [6.07, 6.45) is 1.43. The molecule has 1 aromatic heterocycles. The van der Waals surface area contributed by atoms with Gasteiger partial charge in [-0.25, -0.2) is 4.79 Å². The zero-order valence-corrected chi connectivity index (χ0v) is 16.3. The van der Waals surface area contributed by atoms with E-state index < -0.39 is 6.09 Å². The molecule has 1 amide bonds. The highest BCUT2D eigenvalue weighted by atomic mass is 16.5. The minimum atomic E-state index is -0.883. The Balaban J connectivity index is 1.54. The number of piperazine rings is 1. The number of ether oxygens (including phenoxy) is 2. The van der Waals surface area contributed by atoms with Crippen LogP contribution in [0, 0.1) is 0 Å². The molecule has 10 heteroatoms. The Hall–Kier alpha value is -2.33. The van der Waals surface area contributed by atoms with Gasteiger partial charge in [0.1, 0.15) is 18.9 Å². The third kappa shape index (κ3) is 4.07. The van der Waals surface area contributed by atoms with Crippen LogP contribution >= 0.6 is 0 Å². The molecule has 4 rings (SSSR count). The number of rotatable bonds is 4. The van der Waals surface area contributed by atoms with E-state index in [1.807, 2.05) is 0 Å². The quantitative estimate of drug-likeness (QED) is 0.745. The van der Waals surface area contributed by atoms with Crippen LogP contribution < -0.4 is 19.7 Å². The molecule has 0 bridgehead atoms. The van der Waals surface area contributed by atoms with Gasteiger partial charge in [0, 0.05) is 45.3 Å². The highest BCUT2D eigenvalue weighted by molar-refractivity contribution is 5.66. The van der Waals surface area contributed by atoms with E-state index in [0.717, 1.165) is 25.2 Å². The second-order valence-corrected chi connectivity index (χ2v) is 7.48. The number of likely N-dealkylation sites (tertiary alicyclic amines) is 1. The first-order valence-electron chi connectivity index (χ1n) is 9.92. The van der Waals surface area contributed by atoms with E-state index in [0.29, 0.717) is 69.6 Å². The van der Waals surface area contributed by atoms with Gasteiger partial charge in [0.2, 0.25) is 0 Å². The smallest absolute Gasteiger partial charge is 0.407 e. The molecule has 2 saturated heterocycles. The predicted molar refractivity (Wildman–Crippen MR) is 102 cm³/mol. The number of likely N-dealkylation sites (N-methyl/N-ethyl adjacent to an activating group) is 1. The summed E-state index contributed by atoms with van der Waals surface area (Å²) in [5.41, 5.74) is 0.790. The summed E-state index contributed by atoms with van der Waals surface area (Å²) in [5, 5.41) is 12.5. The van der Waals surface area contributed by atoms with Gasteiger partial charge in [0.25, 0.3) is 0 Å². The van der Waals surface area contributed by atoms with Gasteiger partial charge in [-0.05, 0) is 26.4 Å². The van der Waals surface area contributed by atoms with Crippen LogP contribution in [-0.2, 0) is 6.54 Å². The molecule has 4 heterocycles. The van der Waals surface area contributed by atoms with Crippen molar-refractivity contribution >= 4 is 11.9 Å². The van der Waals surface area contributed by atoms with Crippen LogP contribution in [0.4, 0.5) is 10.6 Å². The number of carbonyl (C=O) groups is 1. The SMILES string of the molecule is CN1CCC[C@H]1COc1nc2c(c(N3CCN(C(=O)O)CC3)n1)OCCNC2. The van der Waals surface area contributed by atoms with Crippen molar-refractivity contribution in [3.63, 3.8) is 0 Å². The summed E-state index contributed by atoms with van der Waals surface area (Å²) in [5.74, 6) is 1.38. The number of anilines is 1. The van der Waals surface area contributed by atoms with Crippen LogP contribution in [0.5, 0.6) is 11.8 Å². The summed E-state index contributed by atoms with van der Waals surface area (Å²) in [4.78, 5) is 26.2. The first-order valence-corrected chi connectivity index (χ1v) is 9.92. The molecular weight excluding hydrogens is 364 g/mol. The van der Waals surface area contributed by atoms with Crippen molar-refractivity contribution in [2.75, 3.05) is 64.4 Å². The third-order valence-corrected chi connectivity index (χ3v) is 5.64. The highest BCUT2D eigenvalue weighted by Crippen LogP contribution is 2.33. The molecule has 2 fully saturated rings. The standard InChI is InChI=1S/C18H28N6O4/c1-22-5-2-3-13(22)12-28-17-20-14-11-19-4-10-27-15(14)16(21-17)23-6-8-24(9-7-23)18(25)26/h13,19H,2-12H2,1H3,(H,25,26)/t13-/m0/s1. The second kappa shape index (κ2) is 8.36. The first kappa shape index (κ1) is 19.0. The fourth-order valence-corrected chi connectivity index (χ4v) is 3.91. The zero-order chi connectivity index (χ0) is 19.5.